The van der Waals surface area contributed by atoms with Crippen molar-refractivity contribution in [3.63, 3.8) is 0 Å². The monoisotopic (exact) mass is 273 g/mol. The molecule has 1 unspecified atom stereocenters. The predicted molar refractivity (Wildman–Crippen MR) is 79.4 cm³/mol. The molecule has 0 saturated heterocycles. The van der Waals surface area contributed by atoms with E-state index in [1.54, 1.807) is 12.1 Å². The van der Waals surface area contributed by atoms with Gasteiger partial charge in [-0.15, -0.1) is 0 Å². The third-order valence-corrected chi connectivity index (χ3v) is 3.28. The summed E-state index contributed by atoms with van der Waals surface area (Å²) in [7, 11) is 1.96. The highest BCUT2D eigenvalue weighted by atomic mass is 19.1. The molecule has 20 heavy (non-hydrogen) atoms. The number of halogens is 1. The van der Waals surface area contributed by atoms with Gasteiger partial charge in [0.25, 0.3) is 0 Å². The molecule has 106 valence electrons. The lowest BCUT2D eigenvalue weighted by Gasteiger charge is -2.11. The van der Waals surface area contributed by atoms with Gasteiger partial charge in [0.2, 0.25) is 0 Å². The summed E-state index contributed by atoms with van der Waals surface area (Å²) in [5.41, 5.74) is 2.24. The lowest BCUT2D eigenvalue weighted by molar-refractivity contribution is 0.306. The minimum absolute atomic E-state index is 0.225. The van der Waals surface area contributed by atoms with Gasteiger partial charge in [0.05, 0.1) is 0 Å². The first-order valence-electron chi connectivity index (χ1n) is 6.81. The second-order valence-corrected chi connectivity index (χ2v) is 4.95. The lowest BCUT2D eigenvalue weighted by atomic mass is 10.1. The van der Waals surface area contributed by atoms with E-state index in [0.29, 0.717) is 12.6 Å². The third-order valence-electron chi connectivity index (χ3n) is 3.28. The van der Waals surface area contributed by atoms with E-state index < -0.39 is 0 Å². The molecule has 2 nitrogen and oxygen atoms in total. The number of likely N-dealkylation sites (N-methyl/N-ethyl adjacent to an activating group) is 1. The highest BCUT2D eigenvalue weighted by Crippen LogP contribution is 2.15. The molecule has 0 amide bonds. The Hall–Kier alpha value is -1.87. The molecule has 2 rings (SSSR count). The largest absolute Gasteiger partial charge is 0.489 e. The minimum atomic E-state index is -0.225. The molecule has 2 aromatic rings. The van der Waals surface area contributed by atoms with Crippen molar-refractivity contribution in [2.75, 3.05) is 7.05 Å². The van der Waals surface area contributed by atoms with Crippen LogP contribution in [0.5, 0.6) is 5.75 Å². The molecule has 3 heteroatoms. The van der Waals surface area contributed by atoms with Crippen molar-refractivity contribution in [2.45, 2.75) is 26.0 Å². The third kappa shape index (κ3) is 4.35. The van der Waals surface area contributed by atoms with E-state index in [4.69, 9.17) is 4.74 Å². The van der Waals surface area contributed by atoms with E-state index in [9.17, 15) is 4.39 Å². The van der Waals surface area contributed by atoms with E-state index in [1.165, 1.54) is 17.7 Å². The minimum Gasteiger partial charge on any atom is -0.489 e. The summed E-state index contributed by atoms with van der Waals surface area (Å²) in [5, 5.41) is 3.22. The molecule has 0 bridgehead atoms. The van der Waals surface area contributed by atoms with Gasteiger partial charge in [-0.3, -0.25) is 0 Å². The Morgan fingerprint density at radius 3 is 2.20 bits per heavy atom. The Morgan fingerprint density at radius 1 is 1.00 bits per heavy atom. The molecule has 0 aromatic heterocycles. The Kier molecular flexibility index (Phi) is 5.13. The van der Waals surface area contributed by atoms with Crippen LogP contribution in [0.25, 0.3) is 0 Å². The van der Waals surface area contributed by atoms with Gasteiger partial charge in [0.1, 0.15) is 18.2 Å². The number of hydrogen-bond donors (Lipinski definition) is 1. The summed E-state index contributed by atoms with van der Waals surface area (Å²) in [5.74, 6) is 0.604. The lowest BCUT2D eigenvalue weighted by Crippen LogP contribution is -2.23. The van der Waals surface area contributed by atoms with Crippen molar-refractivity contribution in [2.24, 2.45) is 0 Å². The molecule has 0 aliphatic carbocycles. The van der Waals surface area contributed by atoms with E-state index in [-0.39, 0.29) is 5.82 Å². The quantitative estimate of drug-likeness (QED) is 0.869. The van der Waals surface area contributed by atoms with Crippen LogP contribution in [-0.4, -0.2) is 13.1 Å². The van der Waals surface area contributed by atoms with E-state index in [2.05, 4.69) is 24.4 Å². The van der Waals surface area contributed by atoms with Crippen LogP contribution in [0.15, 0.2) is 48.5 Å². The van der Waals surface area contributed by atoms with Crippen molar-refractivity contribution in [1.29, 1.82) is 0 Å². The van der Waals surface area contributed by atoms with Crippen LogP contribution in [0, 0.1) is 5.82 Å². The normalized spacial score (nSPS) is 12.2. The predicted octanol–water partition coefficient (Wildman–Crippen LogP) is 3.56. The average molecular weight is 273 g/mol. The zero-order chi connectivity index (χ0) is 14.4. The van der Waals surface area contributed by atoms with Crippen LogP contribution < -0.4 is 10.1 Å². The number of nitrogens with one attached hydrogen (secondary N) is 1. The van der Waals surface area contributed by atoms with E-state index >= 15 is 0 Å². The molecule has 0 saturated carbocycles. The number of rotatable bonds is 6. The fraction of sp³-hybridized carbons (Fsp3) is 0.294. The van der Waals surface area contributed by atoms with Gasteiger partial charge in [-0.05, 0) is 55.8 Å². The van der Waals surface area contributed by atoms with E-state index in [0.717, 1.165) is 17.7 Å². The van der Waals surface area contributed by atoms with Crippen molar-refractivity contribution in [1.82, 2.24) is 5.32 Å². The van der Waals surface area contributed by atoms with Crippen LogP contribution in [0.4, 0.5) is 4.39 Å². The summed E-state index contributed by atoms with van der Waals surface area (Å²) in [6.45, 7) is 2.60. The zero-order valence-electron chi connectivity index (χ0n) is 11.9. The average Bonchev–Trinajstić information content (AvgIpc) is 2.48. The maximum Gasteiger partial charge on any atom is 0.123 e. The molecule has 0 fully saturated rings. The van der Waals surface area contributed by atoms with Crippen LogP contribution in [0.2, 0.25) is 0 Å². The van der Waals surface area contributed by atoms with Gasteiger partial charge in [-0.1, -0.05) is 24.3 Å². The van der Waals surface area contributed by atoms with Gasteiger partial charge >= 0.3 is 0 Å². The fourth-order valence-electron chi connectivity index (χ4n) is 1.92. The van der Waals surface area contributed by atoms with E-state index in [1.807, 2.05) is 19.2 Å². The second-order valence-electron chi connectivity index (χ2n) is 4.95. The number of hydrogen-bond acceptors (Lipinski definition) is 2. The zero-order valence-corrected chi connectivity index (χ0v) is 11.9. The molecule has 0 radical (unpaired) electrons. The number of ether oxygens (including phenoxy) is 1. The molecular formula is C17H20FNO. The molecule has 1 atom stereocenters. The van der Waals surface area contributed by atoms with Crippen molar-refractivity contribution >= 4 is 0 Å². The second kappa shape index (κ2) is 7.06. The standard InChI is InChI=1S/C17H20FNO/c1-13(19-2)11-14-5-9-17(10-6-14)20-12-15-3-7-16(18)8-4-15/h3-10,13,19H,11-12H2,1-2H3. The highest BCUT2D eigenvalue weighted by molar-refractivity contribution is 5.28. The summed E-state index contributed by atoms with van der Waals surface area (Å²) in [6.07, 6.45) is 0.995. The maximum atomic E-state index is 12.8. The first-order chi connectivity index (χ1) is 9.67. The van der Waals surface area contributed by atoms with Crippen molar-refractivity contribution in [3.8, 4) is 5.75 Å². The summed E-state index contributed by atoms with van der Waals surface area (Å²) in [6, 6.07) is 14.9. The SMILES string of the molecule is CNC(C)Cc1ccc(OCc2ccc(F)cc2)cc1. The summed E-state index contributed by atoms with van der Waals surface area (Å²) >= 11 is 0. The van der Waals surface area contributed by atoms with Gasteiger partial charge in [-0.25, -0.2) is 4.39 Å². The van der Waals surface area contributed by atoms with Crippen LogP contribution >= 0.6 is 0 Å². The van der Waals surface area contributed by atoms with Crippen molar-refractivity contribution < 1.29 is 9.13 Å². The Labute approximate surface area is 119 Å². The number of benzene rings is 2. The molecule has 1 N–H and O–H groups in total. The fourth-order valence-corrected chi connectivity index (χ4v) is 1.92. The Bertz CT molecular complexity index is 522. The molecule has 0 aliphatic heterocycles. The van der Waals surface area contributed by atoms with Crippen LogP contribution in [0.3, 0.4) is 0 Å². The first-order valence-corrected chi connectivity index (χ1v) is 6.81. The molecule has 2 aromatic carbocycles. The molecule has 0 spiro atoms. The van der Waals surface area contributed by atoms with Gasteiger partial charge < -0.3 is 10.1 Å². The molecular weight excluding hydrogens is 253 g/mol. The maximum absolute atomic E-state index is 12.8. The first kappa shape index (κ1) is 14.5. The van der Waals surface area contributed by atoms with Crippen LogP contribution in [0.1, 0.15) is 18.1 Å². The topological polar surface area (TPSA) is 21.3 Å². The molecule has 0 heterocycles. The van der Waals surface area contributed by atoms with Gasteiger partial charge in [-0.2, -0.15) is 0 Å². The van der Waals surface area contributed by atoms with Crippen LogP contribution in [-0.2, 0) is 13.0 Å². The highest BCUT2D eigenvalue weighted by Gasteiger charge is 2.01. The smallest absolute Gasteiger partial charge is 0.123 e. The summed E-state index contributed by atoms with van der Waals surface area (Å²) < 4.78 is 18.5. The Balaban J connectivity index is 1.89. The Morgan fingerprint density at radius 2 is 1.60 bits per heavy atom. The van der Waals surface area contributed by atoms with Gasteiger partial charge in [0, 0.05) is 6.04 Å². The molecule has 0 aliphatic rings. The summed E-state index contributed by atoms with van der Waals surface area (Å²) in [4.78, 5) is 0. The van der Waals surface area contributed by atoms with Gasteiger partial charge in [0.15, 0.2) is 0 Å². The van der Waals surface area contributed by atoms with Crippen molar-refractivity contribution in [3.05, 3.63) is 65.5 Å².